The fourth-order valence-corrected chi connectivity index (χ4v) is 5.57. The summed E-state index contributed by atoms with van der Waals surface area (Å²) in [5.74, 6) is 0.374. The second kappa shape index (κ2) is 18.5. The molecule has 1 fully saturated rings. The van der Waals surface area contributed by atoms with Crippen molar-refractivity contribution in [3.63, 3.8) is 0 Å². The summed E-state index contributed by atoms with van der Waals surface area (Å²) in [6.45, 7) is 0.692. The first kappa shape index (κ1) is 33.4. The Bertz CT molecular complexity index is 1050. The monoisotopic (exact) mass is 620 g/mol. The van der Waals surface area contributed by atoms with Gasteiger partial charge in [-0.05, 0) is 74.2 Å². The molecule has 1 aliphatic carbocycles. The van der Waals surface area contributed by atoms with Gasteiger partial charge in [-0.25, -0.2) is 9.59 Å². The number of methoxy groups -OCH3 is 2. The Kier molecular flexibility index (Phi) is 14.7. The Hall–Kier alpha value is -3.06. The van der Waals surface area contributed by atoms with E-state index in [9.17, 15) is 19.2 Å². The first-order valence-electron chi connectivity index (χ1n) is 13.6. The van der Waals surface area contributed by atoms with Gasteiger partial charge in [0.05, 0.1) is 39.3 Å². The number of thioether (sulfide) groups is 2. The predicted octanol–water partition coefficient (Wildman–Crippen LogP) is 4.57. The lowest BCUT2D eigenvalue weighted by Crippen LogP contribution is -2.30. The summed E-state index contributed by atoms with van der Waals surface area (Å²) in [7, 11) is 2.63. The Morgan fingerprint density at radius 3 is 1.31 bits per heavy atom. The lowest BCUT2D eigenvalue weighted by atomic mass is 9.82. The van der Waals surface area contributed by atoms with Crippen molar-refractivity contribution < 1.29 is 47.6 Å². The lowest BCUT2D eigenvalue weighted by molar-refractivity contribution is -0.146. The molecule has 0 aliphatic heterocycles. The Morgan fingerprint density at radius 1 is 0.619 bits per heavy atom. The third-order valence-electron chi connectivity index (χ3n) is 6.37. The molecule has 0 N–H and O–H groups in total. The number of hydrogen-bond donors (Lipinski definition) is 0. The topological polar surface area (TPSA) is 124 Å². The van der Waals surface area contributed by atoms with Crippen molar-refractivity contribution in [1.29, 1.82) is 0 Å². The number of ether oxygens (including phenoxy) is 6. The van der Waals surface area contributed by atoms with Crippen molar-refractivity contribution in [3.8, 4) is 11.5 Å². The third kappa shape index (κ3) is 12.0. The molecule has 0 aromatic heterocycles. The summed E-state index contributed by atoms with van der Waals surface area (Å²) in [6.07, 6.45) is 2.24. The molecule has 2 aromatic carbocycles. The number of esters is 4. The second-order valence-corrected chi connectivity index (χ2v) is 11.6. The van der Waals surface area contributed by atoms with Gasteiger partial charge in [-0.2, -0.15) is 0 Å². The van der Waals surface area contributed by atoms with Crippen LogP contribution >= 0.6 is 23.5 Å². The van der Waals surface area contributed by atoms with Crippen molar-refractivity contribution in [2.75, 3.05) is 52.2 Å². The Balaban J connectivity index is 1.32. The third-order valence-corrected chi connectivity index (χ3v) is 8.32. The predicted molar refractivity (Wildman–Crippen MR) is 157 cm³/mol. The SMILES string of the molecule is COC(=O)COCCSc1ccc(OC(=O)[C@H]2CC[C@H](C(=O)Oc3ccc(SCCOCC(=O)OC)cc3)CC2)cc1. The molecule has 1 saturated carbocycles. The zero-order valence-corrected chi connectivity index (χ0v) is 25.4. The number of hydrogen-bond acceptors (Lipinski definition) is 12. The minimum Gasteiger partial charge on any atom is -0.467 e. The van der Waals surface area contributed by atoms with E-state index in [0.717, 1.165) is 9.79 Å². The summed E-state index contributed by atoms with van der Waals surface area (Å²) in [6, 6.07) is 14.5. The molecular weight excluding hydrogens is 584 g/mol. The first-order valence-corrected chi connectivity index (χ1v) is 15.5. The van der Waals surface area contributed by atoms with Crippen LogP contribution in [0.4, 0.5) is 0 Å². The quantitative estimate of drug-likeness (QED) is 0.113. The molecule has 0 atom stereocenters. The highest BCUT2D eigenvalue weighted by molar-refractivity contribution is 7.99. The van der Waals surface area contributed by atoms with Crippen molar-refractivity contribution in [2.24, 2.45) is 11.8 Å². The number of benzene rings is 2. The molecule has 2 aromatic rings. The summed E-state index contributed by atoms with van der Waals surface area (Å²) in [5.41, 5.74) is 0. The van der Waals surface area contributed by atoms with E-state index >= 15 is 0 Å². The fourth-order valence-electron chi connectivity index (χ4n) is 4.04. The highest BCUT2D eigenvalue weighted by Crippen LogP contribution is 2.32. The molecule has 228 valence electrons. The van der Waals surface area contributed by atoms with Crippen molar-refractivity contribution in [2.45, 2.75) is 35.5 Å². The first-order chi connectivity index (χ1) is 20.4. The maximum absolute atomic E-state index is 12.7. The van der Waals surface area contributed by atoms with Gasteiger partial charge in [-0.15, -0.1) is 23.5 Å². The molecule has 12 heteroatoms. The van der Waals surface area contributed by atoms with Crippen LogP contribution in [0.2, 0.25) is 0 Å². The minimum atomic E-state index is -0.407. The summed E-state index contributed by atoms with van der Waals surface area (Å²) in [5, 5.41) is 0. The van der Waals surface area contributed by atoms with Gasteiger partial charge in [-0.3, -0.25) is 9.59 Å². The number of carbonyl (C=O) groups is 4. The molecular formula is C30H36O10S2. The molecule has 0 unspecified atom stereocenters. The van der Waals surface area contributed by atoms with Crippen LogP contribution in [0.15, 0.2) is 58.3 Å². The molecule has 0 saturated heterocycles. The van der Waals surface area contributed by atoms with E-state index in [4.69, 9.17) is 18.9 Å². The molecule has 0 bridgehead atoms. The van der Waals surface area contributed by atoms with Gasteiger partial charge in [0.2, 0.25) is 0 Å². The van der Waals surface area contributed by atoms with Crippen LogP contribution in [0, 0.1) is 11.8 Å². The van der Waals surface area contributed by atoms with E-state index < -0.39 is 11.9 Å². The van der Waals surface area contributed by atoms with Crippen LogP contribution < -0.4 is 9.47 Å². The molecule has 42 heavy (non-hydrogen) atoms. The molecule has 0 heterocycles. The van der Waals surface area contributed by atoms with Crippen molar-refractivity contribution >= 4 is 47.4 Å². The number of carbonyl (C=O) groups excluding carboxylic acids is 4. The average Bonchev–Trinajstić information content (AvgIpc) is 3.02. The molecule has 3 rings (SSSR count). The highest BCUT2D eigenvalue weighted by atomic mass is 32.2. The van der Waals surface area contributed by atoms with Gasteiger partial charge in [0.1, 0.15) is 24.7 Å². The zero-order valence-electron chi connectivity index (χ0n) is 23.7. The van der Waals surface area contributed by atoms with E-state index in [1.165, 1.54) is 14.2 Å². The minimum absolute atomic E-state index is 0.0670. The molecule has 1 aliphatic rings. The van der Waals surface area contributed by atoms with E-state index in [0.29, 0.717) is 61.9 Å². The van der Waals surface area contributed by atoms with Crippen LogP contribution in [0.25, 0.3) is 0 Å². The smallest absolute Gasteiger partial charge is 0.331 e. The average molecular weight is 621 g/mol. The van der Waals surface area contributed by atoms with Gasteiger partial charge in [0.15, 0.2) is 0 Å². The second-order valence-electron chi connectivity index (χ2n) is 9.29. The lowest BCUT2D eigenvalue weighted by Gasteiger charge is -2.25. The fraction of sp³-hybridized carbons (Fsp3) is 0.467. The van der Waals surface area contributed by atoms with Crippen molar-refractivity contribution in [1.82, 2.24) is 0 Å². The van der Waals surface area contributed by atoms with E-state index in [2.05, 4.69) is 9.47 Å². The normalized spacial score (nSPS) is 16.3. The van der Waals surface area contributed by atoms with Crippen LogP contribution in [0.1, 0.15) is 25.7 Å². The van der Waals surface area contributed by atoms with Gasteiger partial charge >= 0.3 is 23.9 Å². The van der Waals surface area contributed by atoms with Gasteiger partial charge in [0.25, 0.3) is 0 Å². The maximum atomic E-state index is 12.7. The summed E-state index contributed by atoms with van der Waals surface area (Å²) < 4.78 is 30.7. The van der Waals surface area contributed by atoms with Crippen LogP contribution in [0.5, 0.6) is 11.5 Å². The maximum Gasteiger partial charge on any atom is 0.331 e. The van der Waals surface area contributed by atoms with Gasteiger partial charge in [0, 0.05) is 21.3 Å². The van der Waals surface area contributed by atoms with Gasteiger partial charge < -0.3 is 28.4 Å². The zero-order chi connectivity index (χ0) is 30.2. The number of rotatable bonds is 16. The molecule has 0 radical (unpaired) electrons. The van der Waals surface area contributed by atoms with E-state index in [1.807, 2.05) is 24.3 Å². The highest BCUT2D eigenvalue weighted by Gasteiger charge is 2.32. The molecule has 0 spiro atoms. The standard InChI is InChI=1S/C30H36O10S2/c1-35-27(31)19-37-15-17-41-25-11-7-23(8-12-25)39-29(33)21-3-5-22(6-4-21)30(34)40-24-9-13-26(14-10-24)42-18-16-38-20-28(32)36-2/h7-14,21-22H,3-6,15-20H2,1-2H3/t21-,22-. The molecule has 0 amide bonds. The molecule has 10 nitrogen and oxygen atoms in total. The Labute approximate surface area is 254 Å². The van der Waals surface area contributed by atoms with Crippen molar-refractivity contribution in [3.05, 3.63) is 48.5 Å². The van der Waals surface area contributed by atoms with Crippen LogP contribution in [0.3, 0.4) is 0 Å². The van der Waals surface area contributed by atoms with Crippen LogP contribution in [-0.4, -0.2) is 76.0 Å². The van der Waals surface area contributed by atoms with E-state index in [1.54, 1.807) is 47.8 Å². The van der Waals surface area contributed by atoms with Gasteiger partial charge in [-0.1, -0.05) is 0 Å². The summed E-state index contributed by atoms with van der Waals surface area (Å²) >= 11 is 3.13. The Morgan fingerprint density at radius 2 is 0.976 bits per heavy atom. The van der Waals surface area contributed by atoms with Crippen LogP contribution in [-0.2, 0) is 38.1 Å². The largest absolute Gasteiger partial charge is 0.467 e. The van der Waals surface area contributed by atoms with E-state index in [-0.39, 0.29) is 37.0 Å². The summed E-state index contributed by atoms with van der Waals surface area (Å²) in [4.78, 5) is 49.5.